The van der Waals surface area contributed by atoms with Gasteiger partial charge < -0.3 is 15.7 Å². The Hall–Kier alpha value is -1.13. The molecule has 1 aromatic carbocycles. The van der Waals surface area contributed by atoms with E-state index in [1.54, 1.807) is 0 Å². The van der Waals surface area contributed by atoms with Crippen LogP contribution in [0.5, 0.6) is 0 Å². The molecule has 0 spiro atoms. The minimum Gasteiger partial charge on any atom is -0.396 e. The highest BCUT2D eigenvalue weighted by atomic mass is 32.1. The molecule has 14 heavy (non-hydrogen) atoms. The van der Waals surface area contributed by atoms with Crippen molar-refractivity contribution in [3.8, 4) is 0 Å². The summed E-state index contributed by atoms with van der Waals surface area (Å²) in [4.78, 5) is 1.81. The number of para-hydroxylation sites is 1. The van der Waals surface area contributed by atoms with E-state index in [1.165, 1.54) is 0 Å². The fourth-order valence-electron chi connectivity index (χ4n) is 1.20. The summed E-state index contributed by atoms with van der Waals surface area (Å²) in [6.45, 7) is 0.793. The molecule has 0 radical (unpaired) electrons. The zero-order valence-electron chi connectivity index (χ0n) is 7.89. The van der Waals surface area contributed by atoms with Crippen molar-refractivity contribution < 1.29 is 5.11 Å². The van der Waals surface area contributed by atoms with Crippen LogP contribution in [0, 0.1) is 0 Å². The number of nitrogens with two attached hydrogens (primary N) is 1. The Morgan fingerprint density at radius 2 is 2.00 bits per heavy atom. The van der Waals surface area contributed by atoms with Crippen LogP contribution in [0.4, 0.5) is 5.69 Å². The van der Waals surface area contributed by atoms with Gasteiger partial charge in [0.15, 0.2) is 5.11 Å². The van der Waals surface area contributed by atoms with Crippen molar-refractivity contribution in [2.75, 3.05) is 18.1 Å². The van der Waals surface area contributed by atoms with Gasteiger partial charge in [0.2, 0.25) is 0 Å². The maximum atomic E-state index is 8.73. The largest absolute Gasteiger partial charge is 0.396 e. The van der Waals surface area contributed by atoms with Crippen LogP contribution in [0.3, 0.4) is 0 Å². The van der Waals surface area contributed by atoms with E-state index in [4.69, 9.17) is 23.1 Å². The fraction of sp³-hybridized carbons (Fsp3) is 0.300. The maximum absolute atomic E-state index is 8.73. The lowest BCUT2D eigenvalue weighted by Gasteiger charge is -2.22. The number of hydrogen-bond acceptors (Lipinski definition) is 2. The molecule has 0 aliphatic carbocycles. The number of thiocarbonyl (C=S) groups is 1. The van der Waals surface area contributed by atoms with Gasteiger partial charge in [-0.05, 0) is 30.8 Å². The molecule has 3 N–H and O–H groups in total. The molecule has 1 rings (SSSR count). The van der Waals surface area contributed by atoms with Crippen LogP contribution < -0.4 is 10.6 Å². The van der Waals surface area contributed by atoms with Gasteiger partial charge >= 0.3 is 0 Å². The molecule has 76 valence electrons. The quantitative estimate of drug-likeness (QED) is 0.731. The third-order valence-corrected chi connectivity index (χ3v) is 2.09. The zero-order valence-corrected chi connectivity index (χ0v) is 8.70. The van der Waals surface area contributed by atoms with Gasteiger partial charge in [0.1, 0.15) is 0 Å². The zero-order chi connectivity index (χ0) is 10.4. The minimum absolute atomic E-state index is 0.145. The fourth-order valence-corrected chi connectivity index (χ4v) is 1.40. The number of anilines is 1. The molecule has 0 fully saturated rings. The number of rotatable bonds is 4. The first-order valence-electron chi connectivity index (χ1n) is 4.48. The molecule has 0 saturated heterocycles. The van der Waals surface area contributed by atoms with Crippen molar-refractivity contribution >= 4 is 23.0 Å². The predicted molar refractivity (Wildman–Crippen MR) is 62.3 cm³/mol. The lowest BCUT2D eigenvalue weighted by molar-refractivity contribution is 0.291. The molecule has 4 heteroatoms. The maximum Gasteiger partial charge on any atom is 0.170 e. The predicted octanol–water partition coefficient (Wildman–Crippen LogP) is 1.12. The number of benzene rings is 1. The summed E-state index contributed by atoms with van der Waals surface area (Å²) in [5.74, 6) is 0. The second-order valence-corrected chi connectivity index (χ2v) is 3.32. The summed E-state index contributed by atoms with van der Waals surface area (Å²) >= 11 is 4.93. The number of hydrogen-bond donors (Lipinski definition) is 2. The molecule has 0 heterocycles. The van der Waals surface area contributed by atoms with Gasteiger partial charge in [0.25, 0.3) is 0 Å². The molecule has 3 nitrogen and oxygen atoms in total. The first kappa shape index (κ1) is 10.9. The number of aliphatic hydroxyl groups is 1. The number of aliphatic hydroxyl groups excluding tert-OH is 1. The van der Waals surface area contributed by atoms with Gasteiger partial charge in [-0.15, -0.1) is 0 Å². The van der Waals surface area contributed by atoms with Crippen molar-refractivity contribution in [3.05, 3.63) is 30.3 Å². The Morgan fingerprint density at radius 3 is 2.50 bits per heavy atom. The summed E-state index contributed by atoms with van der Waals surface area (Å²) in [5, 5.41) is 9.07. The molecular formula is C10H14N2OS. The Balaban J connectivity index is 2.73. The Morgan fingerprint density at radius 1 is 1.36 bits per heavy atom. The molecule has 0 aliphatic heterocycles. The highest BCUT2D eigenvalue weighted by molar-refractivity contribution is 7.80. The van der Waals surface area contributed by atoms with Crippen molar-refractivity contribution in [2.45, 2.75) is 6.42 Å². The third kappa shape index (κ3) is 2.97. The van der Waals surface area contributed by atoms with Crippen molar-refractivity contribution in [3.63, 3.8) is 0 Å². The molecule has 0 atom stereocenters. The van der Waals surface area contributed by atoms with E-state index in [9.17, 15) is 0 Å². The minimum atomic E-state index is 0.145. The molecule has 0 aromatic heterocycles. The van der Waals surface area contributed by atoms with Gasteiger partial charge in [-0.1, -0.05) is 18.2 Å². The lowest BCUT2D eigenvalue weighted by atomic mass is 10.3. The summed E-state index contributed by atoms with van der Waals surface area (Å²) in [7, 11) is 0. The normalized spacial score (nSPS) is 9.79. The van der Waals surface area contributed by atoms with Crippen LogP contribution in [-0.2, 0) is 0 Å². The lowest BCUT2D eigenvalue weighted by Crippen LogP contribution is -2.36. The van der Waals surface area contributed by atoms with Crippen LogP contribution >= 0.6 is 12.2 Å². The molecule has 0 aliphatic rings. The van der Waals surface area contributed by atoms with E-state index in [2.05, 4.69) is 0 Å². The van der Waals surface area contributed by atoms with E-state index in [0.29, 0.717) is 18.1 Å². The van der Waals surface area contributed by atoms with Gasteiger partial charge in [-0.3, -0.25) is 0 Å². The SMILES string of the molecule is NC(=S)N(CCCO)c1ccccc1. The molecule has 0 bridgehead atoms. The highest BCUT2D eigenvalue weighted by Gasteiger charge is 2.07. The summed E-state index contributed by atoms with van der Waals surface area (Å²) in [6.07, 6.45) is 0.659. The van der Waals surface area contributed by atoms with E-state index < -0.39 is 0 Å². The molecular weight excluding hydrogens is 196 g/mol. The van der Waals surface area contributed by atoms with Crippen LogP contribution in [-0.4, -0.2) is 23.4 Å². The van der Waals surface area contributed by atoms with Crippen LogP contribution in [0.15, 0.2) is 30.3 Å². The highest BCUT2D eigenvalue weighted by Crippen LogP contribution is 2.12. The monoisotopic (exact) mass is 210 g/mol. The van der Waals surface area contributed by atoms with Crippen molar-refractivity contribution in [1.82, 2.24) is 0 Å². The van der Waals surface area contributed by atoms with Gasteiger partial charge in [-0.25, -0.2) is 0 Å². The molecule has 1 aromatic rings. The Kier molecular flexibility index (Phi) is 4.35. The van der Waals surface area contributed by atoms with Gasteiger partial charge in [0.05, 0.1) is 0 Å². The topological polar surface area (TPSA) is 49.5 Å². The van der Waals surface area contributed by atoms with Crippen molar-refractivity contribution in [1.29, 1.82) is 0 Å². The first-order valence-corrected chi connectivity index (χ1v) is 4.89. The van der Waals surface area contributed by atoms with Crippen LogP contribution in [0.2, 0.25) is 0 Å². The van der Waals surface area contributed by atoms with Crippen LogP contribution in [0.1, 0.15) is 6.42 Å². The number of nitrogens with zero attached hydrogens (tertiary/aromatic N) is 1. The second-order valence-electron chi connectivity index (χ2n) is 2.90. The smallest absolute Gasteiger partial charge is 0.170 e. The van der Waals surface area contributed by atoms with E-state index in [-0.39, 0.29) is 6.61 Å². The average Bonchev–Trinajstić information content (AvgIpc) is 2.19. The molecule has 0 amide bonds. The van der Waals surface area contributed by atoms with E-state index in [0.717, 1.165) is 5.69 Å². The third-order valence-electron chi connectivity index (χ3n) is 1.87. The van der Waals surface area contributed by atoms with Gasteiger partial charge in [-0.2, -0.15) is 0 Å². The summed E-state index contributed by atoms with van der Waals surface area (Å²) in [5.41, 5.74) is 6.55. The summed E-state index contributed by atoms with van der Waals surface area (Å²) in [6, 6.07) is 9.68. The standard InChI is InChI=1S/C10H14N2OS/c11-10(14)12(7-4-8-13)9-5-2-1-3-6-9/h1-3,5-6,13H,4,7-8H2,(H2,11,14). The first-order chi connectivity index (χ1) is 6.75. The van der Waals surface area contributed by atoms with E-state index in [1.807, 2.05) is 35.2 Å². The summed E-state index contributed by atoms with van der Waals surface area (Å²) < 4.78 is 0. The molecule has 0 saturated carbocycles. The van der Waals surface area contributed by atoms with Crippen molar-refractivity contribution in [2.24, 2.45) is 5.73 Å². The Bertz CT molecular complexity index is 289. The molecule has 0 unspecified atom stereocenters. The Labute approximate surface area is 89.1 Å². The van der Waals surface area contributed by atoms with Gasteiger partial charge in [0, 0.05) is 18.8 Å². The van der Waals surface area contributed by atoms with Crippen LogP contribution in [0.25, 0.3) is 0 Å². The average molecular weight is 210 g/mol. The second kappa shape index (κ2) is 5.57. The van der Waals surface area contributed by atoms with E-state index >= 15 is 0 Å².